The van der Waals surface area contributed by atoms with E-state index < -0.39 is 0 Å². The smallest absolute Gasteiger partial charge is 0.0205 e. The minimum atomic E-state index is 0.715. The Balaban J connectivity index is 1.61. The minimum Gasteiger partial charge on any atom is -0.314 e. The predicted molar refractivity (Wildman–Crippen MR) is 76.6 cm³/mol. The van der Waals surface area contributed by atoms with Gasteiger partial charge in [-0.25, -0.2) is 0 Å². The summed E-state index contributed by atoms with van der Waals surface area (Å²) in [5.74, 6) is 0.715. The lowest BCUT2D eigenvalue weighted by molar-refractivity contribution is 0.209. The van der Waals surface area contributed by atoms with E-state index in [0.29, 0.717) is 5.92 Å². The van der Waals surface area contributed by atoms with Gasteiger partial charge < -0.3 is 15.5 Å². The molecule has 0 radical (unpaired) electrons. The quantitative estimate of drug-likeness (QED) is 0.794. The van der Waals surface area contributed by atoms with Gasteiger partial charge in [0.25, 0.3) is 0 Å². The third-order valence-electron chi connectivity index (χ3n) is 3.44. The molecule has 1 saturated heterocycles. The molecule has 3 nitrogen and oxygen atoms in total. The lowest BCUT2D eigenvalue weighted by Crippen LogP contribution is -2.45. The summed E-state index contributed by atoms with van der Waals surface area (Å²) in [7, 11) is 0. The number of benzene rings is 1. The first-order valence-corrected chi connectivity index (χ1v) is 7.02. The van der Waals surface area contributed by atoms with Gasteiger partial charge in [0.1, 0.15) is 0 Å². The highest BCUT2D eigenvalue weighted by molar-refractivity contribution is 5.14. The fraction of sp³-hybridized carbons (Fsp3) is 0.600. The van der Waals surface area contributed by atoms with E-state index in [-0.39, 0.29) is 0 Å². The number of hydrogen-bond donors (Lipinski definition) is 2. The van der Waals surface area contributed by atoms with Crippen LogP contribution in [0.1, 0.15) is 12.5 Å². The Hall–Kier alpha value is -0.900. The molecule has 0 saturated carbocycles. The van der Waals surface area contributed by atoms with Gasteiger partial charge >= 0.3 is 0 Å². The maximum atomic E-state index is 3.55. The van der Waals surface area contributed by atoms with E-state index >= 15 is 0 Å². The molecule has 1 aliphatic heterocycles. The molecule has 18 heavy (non-hydrogen) atoms. The van der Waals surface area contributed by atoms with Crippen LogP contribution in [0.4, 0.5) is 0 Å². The second kappa shape index (κ2) is 7.52. The summed E-state index contributed by atoms with van der Waals surface area (Å²) in [4.78, 5) is 2.56. The second-order valence-electron chi connectivity index (χ2n) is 5.27. The molecule has 0 aromatic heterocycles. The van der Waals surface area contributed by atoms with Crippen LogP contribution < -0.4 is 10.6 Å². The van der Waals surface area contributed by atoms with Crippen molar-refractivity contribution < 1.29 is 0 Å². The van der Waals surface area contributed by atoms with Crippen LogP contribution in [-0.4, -0.2) is 44.2 Å². The Morgan fingerprint density at radius 1 is 1.22 bits per heavy atom. The van der Waals surface area contributed by atoms with E-state index in [1.165, 1.54) is 25.2 Å². The van der Waals surface area contributed by atoms with Gasteiger partial charge in [-0.05, 0) is 18.0 Å². The molecule has 1 aromatic rings. The number of hydrogen-bond acceptors (Lipinski definition) is 3. The van der Waals surface area contributed by atoms with E-state index in [1.807, 2.05) is 0 Å². The molecule has 2 N–H and O–H groups in total. The van der Waals surface area contributed by atoms with Crippen LogP contribution in [0.2, 0.25) is 0 Å². The maximum absolute atomic E-state index is 3.55. The number of rotatable bonds is 6. The first kappa shape index (κ1) is 13.5. The van der Waals surface area contributed by atoms with Crippen molar-refractivity contribution in [1.29, 1.82) is 0 Å². The highest BCUT2D eigenvalue weighted by atomic mass is 15.2. The van der Waals surface area contributed by atoms with E-state index in [9.17, 15) is 0 Å². The summed E-state index contributed by atoms with van der Waals surface area (Å²) in [6.07, 6.45) is 0. The molecule has 0 aliphatic carbocycles. The van der Waals surface area contributed by atoms with E-state index in [0.717, 1.165) is 26.2 Å². The summed E-state index contributed by atoms with van der Waals surface area (Å²) in [5.41, 5.74) is 1.37. The molecule has 1 atom stereocenters. The van der Waals surface area contributed by atoms with Crippen molar-refractivity contribution in [3.63, 3.8) is 0 Å². The molecule has 1 unspecified atom stereocenters. The number of nitrogens with zero attached hydrogens (tertiary/aromatic N) is 1. The van der Waals surface area contributed by atoms with Gasteiger partial charge in [0.05, 0.1) is 0 Å². The Kier molecular flexibility index (Phi) is 5.65. The van der Waals surface area contributed by atoms with Gasteiger partial charge in [0.2, 0.25) is 0 Å². The Morgan fingerprint density at radius 2 is 1.94 bits per heavy atom. The first-order valence-electron chi connectivity index (χ1n) is 7.02. The van der Waals surface area contributed by atoms with Crippen molar-refractivity contribution in [3.8, 4) is 0 Å². The zero-order valence-corrected chi connectivity index (χ0v) is 11.4. The second-order valence-corrected chi connectivity index (χ2v) is 5.27. The molecule has 1 aliphatic rings. The van der Waals surface area contributed by atoms with Gasteiger partial charge in [-0.15, -0.1) is 0 Å². The SMILES string of the molecule is CC(CNCc1ccccc1)CN1CCNCC1. The largest absolute Gasteiger partial charge is 0.314 e. The molecule has 1 heterocycles. The van der Waals surface area contributed by atoms with Gasteiger partial charge in [0.15, 0.2) is 0 Å². The first-order chi connectivity index (χ1) is 8.84. The van der Waals surface area contributed by atoms with Crippen LogP contribution in [0.25, 0.3) is 0 Å². The average Bonchev–Trinajstić information content (AvgIpc) is 2.41. The highest BCUT2D eigenvalue weighted by Gasteiger charge is 2.12. The Labute approximate surface area is 111 Å². The van der Waals surface area contributed by atoms with E-state index in [2.05, 4.69) is 52.8 Å². The zero-order chi connectivity index (χ0) is 12.6. The molecule has 2 rings (SSSR count). The van der Waals surface area contributed by atoms with Crippen LogP contribution in [-0.2, 0) is 6.54 Å². The molecule has 0 amide bonds. The monoisotopic (exact) mass is 247 g/mol. The summed E-state index contributed by atoms with van der Waals surface area (Å²) in [5, 5.41) is 6.94. The minimum absolute atomic E-state index is 0.715. The van der Waals surface area contributed by atoms with E-state index in [1.54, 1.807) is 0 Å². The normalized spacial score (nSPS) is 18.7. The van der Waals surface area contributed by atoms with Gasteiger partial charge in [-0.3, -0.25) is 0 Å². The van der Waals surface area contributed by atoms with Crippen molar-refractivity contribution in [1.82, 2.24) is 15.5 Å². The number of piperazine rings is 1. The van der Waals surface area contributed by atoms with Crippen LogP contribution in [0.5, 0.6) is 0 Å². The van der Waals surface area contributed by atoms with Crippen LogP contribution >= 0.6 is 0 Å². The van der Waals surface area contributed by atoms with Crippen LogP contribution in [0, 0.1) is 5.92 Å². The van der Waals surface area contributed by atoms with Crippen LogP contribution in [0.15, 0.2) is 30.3 Å². The molecular weight excluding hydrogens is 222 g/mol. The van der Waals surface area contributed by atoms with Crippen molar-refractivity contribution in [2.45, 2.75) is 13.5 Å². The predicted octanol–water partition coefficient (Wildman–Crippen LogP) is 1.32. The van der Waals surface area contributed by atoms with Crippen LogP contribution in [0.3, 0.4) is 0 Å². The average molecular weight is 247 g/mol. The van der Waals surface area contributed by atoms with Crippen molar-refractivity contribution in [2.24, 2.45) is 5.92 Å². The fourth-order valence-electron chi connectivity index (χ4n) is 2.46. The molecule has 100 valence electrons. The van der Waals surface area contributed by atoms with Crippen molar-refractivity contribution in [3.05, 3.63) is 35.9 Å². The lowest BCUT2D eigenvalue weighted by Gasteiger charge is -2.29. The summed E-state index contributed by atoms with van der Waals surface area (Å²) < 4.78 is 0. The van der Waals surface area contributed by atoms with E-state index in [4.69, 9.17) is 0 Å². The highest BCUT2D eigenvalue weighted by Crippen LogP contribution is 2.02. The third kappa shape index (κ3) is 4.77. The molecular formula is C15H25N3. The molecule has 1 aromatic carbocycles. The van der Waals surface area contributed by atoms with Gasteiger partial charge in [-0.2, -0.15) is 0 Å². The van der Waals surface area contributed by atoms with Crippen molar-refractivity contribution >= 4 is 0 Å². The van der Waals surface area contributed by atoms with Gasteiger partial charge in [-0.1, -0.05) is 37.3 Å². The Bertz CT molecular complexity index is 320. The van der Waals surface area contributed by atoms with Gasteiger partial charge in [0, 0.05) is 39.3 Å². The fourth-order valence-corrected chi connectivity index (χ4v) is 2.46. The zero-order valence-electron chi connectivity index (χ0n) is 11.4. The topological polar surface area (TPSA) is 27.3 Å². The standard InChI is InChI=1S/C15H25N3/c1-14(13-18-9-7-16-8-10-18)11-17-12-15-5-3-2-4-6-15/h2-6,14,16-17H,7-13H2,1H3. The molecule has 1 fully saturated rings. The molecule has 3 heteroatoms. The van der Waals surface area contributed by atoms with Crippen molar-refractivity contribution in [2.75, 3.05) is 39.3 Å². The lowest BCUT2D eigenvalue weighted by atomic mass is 10.1. The summed E-state index contributed by atoms with van der Waals surface area (Å²) in [6, 6.07) is 10.6. The summed E-state index contributed by atoms with van der Waals surface area (Å²) >= 11 is 0. The number of nitrogens with one attached hydrogen (secondary N) is 2. The maximum Gasteiger partial charge on any atom is 0.0205 e. The third-order valence-corrected chi connectivity index (χ3v) is 3.44. The molecule has 0 spiro atoms. The Morgan fingerprint density at radius 3 is 2.67 bits per heavy atom. The molecule has 0 bridgehead atoms. The summed E-state index contributed by atoms with van der Waals surface area (Å²) in [6.45, 7) is 10.3.